The highest BCUT2D eigenvalue weighted by atomic mass is 15.4. The van der Waals surface area contributed by atoms with E-state index in [-0.39, 0.29) is 0 Å². The van der Waals surface area contributed by atoms with Gasteiger partial charge in [-0.05, 0) is 57.4 Å². The Balaban J connectivity index is 1.46. The summed E-state index contributed by atoms with van der Waals surface area (Å²) in [7, 11) is 8.93. The van der Waals surface area contributed by atoms with Crippen LogP contribution in [0.5, 0.6) is 0 Å². The zero-order chi connectivity index (χ0) is 32.3. The van der Waals surface area contributed by atoms with Gasteiger partial charge < -0.3 is 34.3 Å². The van der Waals surface area contributed by atoms with Crippen LogP contribution < -0.4 is 0 Å². The molecule has 0 amide bonds. The maximum atomic E-state index is 5.82. The first-order chi connectivity index (χ1) is 22.9. The number of likely N-dealkylation sites (N-methyl/N-ethyl adjacent to an activating group) is 3. The van der Waals surface area contributed by atoms with Crippen LogP contribution in [0.4, 0.5) is 11.4 Å². The van der Waals surface area contributed by atoms with Gasteiger partial charge in [-0.15, -0.1) is 0 Å². The topological polar surface area (TPSA) is 47.4 Å². The molecule has 0 aliphatic carbocycles. The van der Waals surface area contributed by atoms with Gasteiger partial charge in [0.25, 0.3) is 0 Å². The van der Waals surface area contributed by atoms with E-state index in [9.17, 15) is 0 Å². The molecule has 3 aromatic rings. The number of piperazine rings is 3. The van der Waals surface area contributed by atoms with Crippen LogP contribution in [0.15, 0.2) is 70.2 Å². The summed E-state index contributed by atoms with van der Waals surface area (Å²) in [6.07, 6.45) is 4.53. The highest BCUT2D eigenvalue weighted by molar-refractivity contribution is 6.20. The van der Waals surface area contributed by atoms with E-state index < -0.39 is 0 Å². The molecule has 9 nitrogen and oxygen atoms in total. The Morgan fingerprint density at radius 2 is 0.894 bits per heavy atom. The lowest BCUT2D eigenvalue weighted by molar-refractivity contribution is 0.168. The Kier molecular flexibility index (Phi) is 9.77. The molecule has 3 fully saturated rings. The molecule has 0 unspecified atom stereocenters. The van der Waals surface area contributed by atoms with Crippen LogP contribution in [-0.2, 0) is 0 Å². The molecule has 0 atom stereocenters. The third kappa shape index (κ3) is 7.04. The van der Waals surface area contributed by atoms with Crippen molar-refractivity contribution in [1.82, 2.24) is 34.3 Å². The molecule has 0 spiro atoms. The Hall–Kier alpha value is -3.50. The zero-order valence-electron chi connectivity index (χ0n) is 29.0. The predicted molar refractivity (Wildman–Crippen MR) is 198 cm³/mol. The average molecular weight is 636 g/mol. The molecule has 3 saturated heterocycles. The monoisotopic (exact) mass is 635 g/mol. The van der Waals surface area contributed by atoms with E-state index in [1.54, 1.807) is 0 Å². The molecular weight excluding hydrogens is 582 g/mol. The van der Waals surface area contributed by atoms with Gasteiger partial charge in [0, 0.05) is 102 Å². The van der Waals surface area contributed by atoms with E-state index >= 15 is 0 Å². The van der Waals surface area contributed by atoms with E-state index in [2.05, 4.69) is 117 Å². The van der Waals surface area contributed by atoms with Crippen molar-refractivity contribution in [1.29, 1.82) is 0 Å². The molecule has 250 valence electrons. The normalized spacial score (nSPS) is 21.7. The first-order valence-electron chi connectivity index (χ1n) is 17.7. The van der Waals surface area contributed by atoms with Crippen LogP contribution in [0.1, 0.15) is 12.8 Å². The Morgan fingerprint density at radius 3 is 1.40 bits per heavy atom. The van der Waals surface area contributed by atoms with Gasteiger partial charge in [-0.25, -0.2) is 9.98 Å². The van der Waals surface area contributed by atoms with Gasteiger partial charge in [0.05, 0.1) is 5.69 Å². The summed E-state index contributed by atoms with van der Waals surface area (Å²) in [5.41, 5.74) is 3.39. The van der Waals surface area contributed by atoms with Crippen molar-refractivity contribution in [3.8, 4) is 0 Å². The second kappa shape index (κ2) is 14.3. The first-order valence-corrected chi connectivity index (χ1v) is 17.7. The molecule has 0 N–H and O–H groups in total. The van der Waals surface area contributed by atoms with Crippen molar-refractivity contribution >= 4 is 44.7 Å². The van der Waals surface area contributed by atoms with Crippen LogP contribution in [0.25, 0.3) is 21.5 Å². The van der Waals surface area contributed by atoms with Gasteiger partial charge >= 0.3 is 0 Å². The average Bonchev–Trinajstić information content (AvgIpc) is 3.32. The number of fused-ring (bicyclic) bond motifs is 3. The van der Waals surface area contributed by atoms with Crippen LogP contribution in [0.3, 0.4) is 0 Å². The number of aliphatic imine (C=N–C) groups is 2. The Morgan fingerprint density at radius 1 is 0.468 bits per heavy atom. The van der Waals surface area contributed by atoms with E-state index in [1.165, 1.54) is 27.1 Å². The van der Waals surface area contributed by atoms with Crippen LogP contribution in [-0.4, -0.2) is 166 Å². The van der Waals surface area contributed by atoms with E-state index in [4.69, 9.17) is 9.98 Å². The third-order valence-electron chi connectivity index (χ3n) is 10.6. The van der Waals surface area contributed by atoms with Gasteiger partial charge in [-0.3, -0.25) is 0 Å². The summed E-state index contributed by atoms with van der Waals surface area (Å²) in [6, 6.07) is 17.7. The van der Waals surface area contributed by atoms with Crippen molar-refractivity contribution in [3.05, 3.63) is 60.2 Å². The van der Waals surface area contributed by atoms with Crippen LogP contribution >= 0.6 is 0 Å². The minimum Gasteiger partial charge on any atom is -0.354 e. The molecule has 7 rings (SSSR count). The molecular formula is C38H53N9. The summed E-state index contributed by atoms with van der Waals surface area (Å²) in [4.78, 5) is 29.0. The summed E-state index contributed by atoms with van der Waals surface area (Å²) >= 11 is 0. The minimum absolute atomic E-state index is 0.985. The molecule has 4 aliphatic heterocycles. The lowest BCUT2D eigenvalue weighted by atomic mass is 9.98. The lowest BCUT2D eigenvalue weighted by Gasteiger charge is -2.42. The summed E-state index contributed by atoms with van der Waals surface area (Å²) in [6.45, 7) is 14.3. The standard InChI is InChI=1S/C38H53N9/c1-41-16-9-10-30(15-17-41)37(45-24-18-42(2)19-25-45)39-35-33-13-7-5-11-31(33)32-12-6-8-14-34(32)36(35)40-38(46-26-20-43(3)21-27-46)47-28-22-44(4)23-29-47/h5-8,10-14H,9,15-29H2,1-4H3. The van der Waals surface area contributed by atoms with E-state index in [0.717, 1.165) is 128 Å². The lowest BCUT2D eigenvalue weighted by Crippen LogP contribution is -2.56. The molecule has 9 heteroatoms. The molecule has 0 saturated carbocycles. The zero-order valence-corrected chi connectivity index (χ0v) is 29.0. The van der Waals surface area contributed by atoms with Crippen molar-refractivity contribution in [2.75, 3.05) is 120 Å². The number of rotatable bonds is 3. The molecule has 47 heavy (non-hydrogen) atoms. The maximum absolute atomic E-state index is 5.82. The van der Waals surface area contributed by atoms with Gasteiger partial charge in [-0.1, -0.05) is 54.6 Å². The number of guanidine groups is 1. The van der Waals surface area contributed by atoms with Crippen LogP contribution in [0.2, 0.25) is 0 Å². The van der Waals surface area contributed by atoms with Crippen molar-refractivity contribution in [2.45, 2.75) is 12.8 Å². The fourth-order valence-corrected chi connectivity index (χ4v) is 7.44. The minimum atomic E-state index is 0.985. The van der Waals surface area contributed by atoms with Crippen molar-refractivity contribution in [2.24, 2.45) is 9.98 Å². The summed E-state index contributed by atoms with van der Waals surface area (Å²) in [5.74, 6) is 2.26. The van der Waals surface area contributed by atoms with Crippen molar-refractivity contribution < 1.29 is 0 Å². The molecule has 4 heterocycles. The number of benzene rings is 3. The molecule has 0 bridgehead atoms. The Labute approximate surface area is 281 Å². The first kappa shape index (κ1) is 32.1. The Bertz CT molecular complexity index is 1610. The van der Waals surface area contributed by atoms with Crippen molar-refractivity contribution in [3.63, 3.8) is 0 Å². The summed E-state index contributed by atoms with van der Waals surface area (Å²) < 4.78 is 0. The molecule has 0 radical (unpaired) electrons. The van der Waals surface area contributed by atoms with Gasteiger partial charge in [0.2, 0.25) is 5.96 Å². The van der Waals surface area contributed by atoms with E-state index in [1.807, 2.05) is 0 Å². The quantitative estimate of drug-likeness (QED) is 0.240. The van der Waals surface area contributed by atoms with Gasteiger partial charge in [-0.2, -0.15) is 0 Å². The fraction of sp³-hybridized carbons (Fsp3) is 0.526. The highest BCUT2D eigenvalue weighted by Gasteiger charge is 2.28. The van der Waals surface area contributed by atoms with E-state index in [0.29, 0.717) is 0 Å². The number of hydrogen-bond donors (Lipinski definition) is 0. The number of nitrogens with zero attached hydrogens (tertiary/aromatic N) is 9. The van der Waals surface area contributed by atoms with Crippen LogP contribution in [0, 0.1) is 0 Å². The maximum Gasteiger partial charge on any atom is 0.202 e. The smallest absolute Gasteiger partial charge is 0.202 e. The molecule has 0 aromatic heterocycles. The second-order valence-corrected chi connectivity index (χ2v) is 14.1. The predicted octanol–water partition coefficient (Wildman–Crippen LogP) is 4.40. The van der Waals surface area contributed by atoms with Gasteiger partial charge in [0.1, 0.15) is 11.5 Å². The second-order valence-electron chi connectivity index (χ2n) is 14.1. The number of amidine groups is 1. The highest BCUT2D eigenvalue weighted by Crippen LogP contribution is 2.45. The van der Waals surface area contributed by atoms with Gasteiger partial charge in [0.15, 0.2) is 0 Å². The molecule has 4 aliphatic rings. The largest absolute Gasteiger partial charge is 0.354 e. The fourth-order valence-electron chi connectivity index (χ4n) is 7.44. The SMILES string of the molecule is CN1CCC=C(C(=Nc2c(N=C(N3CCN(C)CC3)N3CCN(C)CC3)c3ccccc3c3ccccc23)N2CCN(C)CC2)CC1. The third-order valence-corrected chi connectivity index (χ3v) is 10.6. The molecule has 3 aromatic carbocycles. The number of hydrogen-bond acceptors (Lipinski definition) is 6. The summed E-state index contributed by atoms with van der Waals surface area (Å²) in [5, 5.41) is 4.85.